The molecule has 4 rings (SSSR count). The monoisotopic (exact) mass is 425 g/mol. The molecule has 1 fully saturated rings. The van der Waals surface area contributed by atoms with Gasteiger partial charge in [-0.2, -0.15) is 0 Å². The van der Waals surface area contributed by atoms with Crippen LogP contribution in [0.5, 0.6) is 0 Å². The fraction of sp³-hybridized carbons (Fsp3) is 0.333. The van der Waals surface area contributed by atoms with Crippen molar-refractivity contribution in [1.82, 2.24) is 9.88 Å². The summed E-state index contributed by atoms with van der Waals surface area (Å²) in [7, 11) is 0. The molecule has 0 spiro atoms. The van der Waals surface area contributed by atoms with Gasteiger partial charge in [-0.05, 0) is 34.8 Å². The van der Waals surface area contributed by atoms with Crippen molar-refractivity contribution in [3.8, 4) is 11.1 Å². The average molecular weight is 426 g/mol. The van der Waals surface area contributed by atoms with Gasteiger partial charge in [0.25, 0.3) is 0 Å². The van der Waals surface area contributed by atoms with Crippen molar-refractivity contribution >= 4 is 21.8 Å². The molecule has 2 aliphatic heterocycles. The highest BCUT2D eigenvalue weighted by Gasteiger charge is 2.32. The highest BCUT2D eigenvalue weighted by Crippen LogP contribution is 2.38. The van der Waals surface area contributed by atoms with Gasteiger partial charge in [-0.1, -0.05) is 5.16 Å². The van der Waals surface area contributed by atoms with Gasteiger partial charge in [0.05, 0.1) is 17.7 Å². The minimum absolute atomic E-state index is 0.220. The lowest BCUT2D eigenvalue weighted by Gasteiger charge is -2.17. The Bertz CT molecular complexity index is 861. The minimum atomic E-state index is -0.984. The van der Waals surface area contributed by atoms with Gasteiger partial charge in [0.1, 0.15) is 23.3 Å². The van der Waals surface area contributed by atoms with Crippen LogP contribution in [0.1, 0.15) is 31.1 Å². The number of hydrogen-bond acceptors (Lipinski definition) is 4. The summed E-state index contributed by atoms with van der Waals surface area (Å²) in [5.74, 6) is -2.11. The number of oxime groups is 1. The van der Waals surface area contributed by atoms with Crippen LogP contribution in [0.4, 0.5) is 13.2 Å². The number of halogens is 4. The smallest absolute Gasteiger partial charge is 0.177 e. The van der Waals surface area contributed by atoms with Crippen molar-refractivity contribution in [3.63, 3.8) is 0 Å². The molecule has 2 aromatic rings. The van der Waals surface area contributed by atoms with Gasteiger partial charge in [0, 0.05) is 41.5 Å². The van der Waals surface area contributed by atoms with Crippen LogP contribution < -0.4 is 0 Å². The van der Waals surface area contributed by atoms with Crippen LogP contribution in [0.25, 0.3) is 11.1 Å². The van der Waals surface area contributed by atoms with Gasteiger partial charge in [0.15, 0.2) is 6.10 Å². The number of aromatic nitrogens is 1. The van der Waals surface area contributed by atoms with E-state index < -0.39 is 23.6 Å². The molecule has 4 nitrogen and oxygen atoms in total. The van der Waals surface area contributed by atoms with Crippen molar-refractivity contribution in [2.45, 2.75) is 25.4 Å². The van der Waals surface area contributed by atoms with Crippen LogP contribution in [0.2, 0.25) is 0 Å². The third-order valence-electron chi connectivity index (χ3n) is 4.59. The Morgan fingerprint density at radius 2 is 1.77 bits per heavy atom. The van der Waals surface area contributed by atoms with Gasteiger partial charge >= 0.3 is 0 Å². The largest absolute Gasteiger partial charge is 0.384 e. The molecular weight excluding hydrogens is 411 g/mol. The van der Waals surface area contributed by atoms with Crippen molar-refractivity contribution in [2.24, 2.45) is 5.16 Å². The molecule has 1 atom stereocenters. The summed E-state index contributed by atoms with van der Waals surface area (Å²) in [5, 5.41) is 4.14. The van der Waals surface area contributed by atoms with E-state index in [9.17, 15) is 13.2 Å². The second kappa shape index (κ2) is 6.90. The third-order valence-corrected chi connectivity index (χ3v) is 5.02. The Balaban J connectivity index is 1.71. The summed E-state index contributed by atoms with van der Waals surface area (Å²) in [6, 6.07) is 2.87. The number of nitrogens with zero attached hydrogens (tertiary/aromatic N) is 3. The Labute approximate surface area is 156 Å². The molecule has 0 aliphatic carbocycles. The topological polar surface area (TPSA) is 37.7 Å². The quantitative estimate of drug-likeness (QED) is 0.693. The SMILES string of the molecule is Fc1cc(F)c(-c2cc(Br)cnc2C2CC(N3CCCC3)=NO2)c(F)c1. The van der Waals surface area contributed by atoms with Crippen molar-refractivity contribution < 1.29 is 18.0 Å². The second-order valence-corrected chi connectivity index (χ2v) is 7.25. The van der Waals surface area contributed by atoms with E-state index in [-0.39, 0.29) is 11.1 Å². The highest BCUT2D eigenvalue weighted by atomic mass is 79.9. The maximum absolute atomic E-state index is 14.3. The van der Waals surface area contributed by atoms with E-state index in [2.05, 4.69) is 31.0 Å². The zero-order chi connectivity index (χ0) is 18.3. The number of rotatable bonds is 2. The predicted molar refractivity (Wildman–Crippen MR) is 93.9 cm³/mol. The lowest BCUT2D eigenvalue weighted by Crippen LogP contribution is -2.26. The number of amidine groups is 1. The highest BCUT2D eigenvalue weighted by molar-refractivity contribution is 9.10. The lowest BCUT2D eigenvalue weighted by atomic mass is 9.98. The van der Waals surface area contributed by atoms with Gasteiger partial charge in [-0.25, -0.2) is 13.2 Å². The molecule has 0 N–H and O–H groups in total. The van der Waals surface area contributed by atoms with E-state index in [0.717, 1.165) is 31.8 Å². The molecule has 1 aromatic heterocycles. The molecule has 1 saturated heterocycles. The molecular formula is C18H15BrF3N3O. The molecule has 3 heterocycles. The predicted octanol–water partition coefficient (Wildman–Crippen LogP) is 4.80. The third kappa shape index (κ3) is 3.18. The first-order chi connectivity index (χ1) is 12.5. The molecule has 1 aromatic carbocycles. The summed E-state index contributed by atoms with van der Waals surface area (Å²) >= 11 is 3.27. The molecule has 136 valence electrons. The van der Waals surface area contributed by atoms with E-state index in [1.165, 1.54) is 6.20 Å². The lowest BCUT2D eigenvalue weighted by molar-refractivity contribution is 0.0828. The molecule has 0 bridgehead atoms. The molecule has 1 unspecified atom stereocenters. The minimum Gasteiger partial charge on any atom is -0.384 e. The zero-order valence-electron chi connectivity index (χ0n) is 13.7. The van der Waals surface area contributed by atoms with Crippen LogP contribution >= 0.6 is 15.9 Å². The Hall–Kier alpha value is -2.09. The first-order valence-corrected chi connectivity index (χ1v) is 9.10. The number of likely N-dealkylation sites (tertiary alicyclic amines) is 1. The second-order valence-electron chi connectivity index (χ2n) is 6.33. The fourth-order valence-corrected chi connectivity index (χ4v) is 3.71. The standard InChI is InChI=1S/C18H15BrF3N3O/c19-10-5-12(17-13(21)6-11(20)7-14(17)22)18(23-9-10)15-8-16(24-26-15)25-3-1-2-4-25/h5-7,9,15H,1-4,8H2. The number of benzene rings is 1. The first-order valence-electron chi connectivity index (χ1n) is 8.31. The van der Waals surface area contributed by atoms with Crippen molar-refractivity contribution in [1.29, 1.82) is 0 Å². The van der Waals surface area contributed by atoms with Crippen LogP contribution in [-0.2, 0) is 4.84 Å². The fourth-order valence-electron chi connectivity index (χ4n) is 3.38. The molecule has 0 saturated carbocycles. The number of pyridine rings is 1. The summed E-state index contributed by atoms with van der Waals surface area (Å²) in [5.41, 5.74) is 0.265. The average Bonchev–Trinajstić information content (AvgIpc) is 3.25. The van der Waals surface area contributed by atoms with Crippen LogP contribution in [-0.4, -0.2) is 28.8 Å². The van der Waals surface area contributed by atoms with E-state index in [1.807, 2.05) is 0 Å². The van der Waals surface area contributed by atoms with E-state index in [4.69, 9.17) is 4.84 Å². The summed E-state index contributed by atoms with van der Waals surface area (Å²) < 4.78 is 42.5. The molecule has 0 radical (unpaired) electrons. The Morgan fingerprint density at radius 3 is 2.46 bits per heavy atom. The van der Waals surface area contributed by atoms with Gasteiger partial charge < -0.3 is 9.74 Å². The summed E-state index contributed by atoms with van der Waals surface area (Å²) in [4.78, 5) is 12.0. The maximum atomic E-state index is 14.3. The molecule has 8 heteroatoms. The van der Waals surface area contributed by atoms with E-state index in [1.54, 1.807) is 6.07 Å². The van der Waals surface area contributed by atoms with Crippen LogP contribution in [0.15, 0.2) is 34.0 Å². The number of hydrogen-bond donors (Lipinski definition) is 0. The van der Waals surface area contributed by atoms with Crippen molar-refractivity contribution in [2.75, 3.05) is 13.1 Å². The maximum Gasteiger partial charge on any atom is 0.177 e. The Morgan fingerprint density at radius 1 is 1.08 bits per heavy atom. The van der Waals surface area contributed by atoms with E-state index in [0.29, 0.717) is 28.7 Å². The summed E-state index contributed by atoms with van der Waals surface area (Å²) in [6.45, 7) is 1.85. The summed E-state index contributed by atoms with van der Waals surface area (Å²) in [6.07, 6.45) is 3.69. The van der Waals surface area contributed by atoms with Crippen LogP contribution in [0, 0.1) is 17.5 Å². The Kier molecular flexibility index (Phi) is 4.60. The molecule has 2 aliphatic rings. The molecule has 26 heavy (non-hydrogen) atoms. The molecule has 0 amide bonds. The van der Waals surface area contributed by atoms with Crippen LogP contribution in [0.3, 0.4) is 0 Å². The van der Waals surface area contributed by atoms with Gasteiger partial charge in [-0.15, -0.1) is 0 Å². The van der Waals surface area contributed by atoms with Crippen molar-refractivity contribution in [3.05, 3.63) is 52.0 Å². The van der Waals surface area contributed by atoms with E-state index >= 15 is 0 Å². The van der Waals surface area contributed by atoms with Gasteiger partial charge in [-0.3, -0.25) is 4.98 Å². The van der Waals surface area contributed by atoms with Gasteiger partial charge in [0.2, 0.25) is 0 Å². The first kappa shape index (κ1) is 17.3. The normalized spacial score (nSPS) is 19.6. The zero-order valence-corrected chi connectivity index (χ0v) is 15.3.